The average Bonchev–Trinajstić information content (AvgIpc) is 2.67. The van der Waals surface area contributed by atoms with Gasteiger partial charge in [0.25, 0.3) is 0 Å². The molecule has 144 valence electrons. The lowest BCUT2D eigenvalue weighted by atomic mass is 9.87. The Morgan fingerprint density at radius 2 is 1.89 bits per heavy atom. The topological polar surface area (TPSA) is 64.3 Å². The van der Waals surface area contributed by atoms with Crippen molar-refractivity contribution in [2.45, 2.75) is 51.8 Å². The van der Waals surface area contributed by atoms with Crippen molar-refractivity contribution in [1.82, 2.24) is 5.32 Å². The van der Waals surface area contributed by atoms with Crippen molar-refractivity contribution in [3.8, 4) is 5.75 Å². The standard InChI is InChI=1S/C21H24F2N2O2/c1-13(21(24)26)25-11-14-6-9-20(18-5-3-2-4-17(14)18)27-12-15-10-16(22)7-8-19(15)23/h6-10,13,25H,2-5,11-12H2,1H3,(H2,24,26)/t13-/m0/s1. The maximum absolute atomic E-state index is 13.8. The van der Waals surface area contributed by atoms with E-state index >= 15 is 0 Å². The summed E-state index contributed by atoms with van der Waals surface area (Å²) in [4.78, 5) is 11.2. The minimum Gasteiger partial charge on any atom is -0.489 e. The molecule has 0 heterocycles. The molecule has 1 amide bonds. The van der Waals surface area contributed by atoms with E-state index in [0.29, 0.717) is 12.3 Å². The first-order valence-electron chi connectivity index (χ1n) is 9.18. The minimum absolute atomic E-state index is 0.0215. The smallest absolute Gasteiger partial charge is 0.234 e. The SMILES string of the molecule is C[C@H](NCc1ccc(OCc2cc(F)ccc2F)c2c1CCCC2)C(N)=O. The third-order valence-corrected chi connectivity index (χ3v) is 5.01. The highest BCUT2D eigenvalue weighted by Crippen LogP contribution is 2.33. The largest absolute Gasteiger partial charge is 0.489 e. The van der Waals surface area contributed by atoms with Crippen molar-refractivity contribution in [2.75, 3.05) is 0 Å². The highest BCUT2D eigenvalue weighted by molar-refractivity contribution is 5.79. The number of carbonyl (C=O) groups excluding carboxylic acids is 1. The number of ether oxygens (including phenoxy) is 1. The molecule has 27 heavy (non-hydrogen) atoms. The molecule has 0 aliphatic heterocycles. The van der Waals surface area contributed by atoms with E-state index in [9.17, 15) is 13.6 Å². The first-order chi connectivity index (χ1) is 13.0. The number of amides is 1. The molecule has 0 spiro atoms. The van der Waals surface area contributed by atoms with Crippen LogP contribution in [0.15, 0.2) is 30.3 Å². The van der Waals surface area contributed by atoms with Crippen molar-refractivity contribution in [3.63, 3.8) is 0 Å². The fourth-order valence-electron chi connectivity index (χ4n) is 3.38. The molecule has 1 aliphatic rings. The summed E-state index contributed by atoms with van der Waals surface area (Å²) in [5, 5.41) is 3.13. The van der Waals surface area contributed by atoms with Crippen LogP contribution in [0.2, 0.25) is 0 Å². The summed E-state index contributed by atoms with van der Waals surface area (Å²) in [7, 11) is 0. The van der Waals surface area contributed by atoms with Crippen molar-refractivity contribution in [1.29, 1.82) is 0 Å². The molecule has 6 heteroatoms. The lowest BCUT2D eigenvalue weighted by Gasteiger charge is -2.23. The van der Waals surface area contributed by atoms with Crippen molar-refractivity contribution >= 4 is 5.91 Å². The maximum Gasteiger partial charge on any atom is 0.234 e. The number of nitrogens with one attached hydrogen (secondary N) is 1. The molecular formula is C21H24F2N2O2. The Morgan fingerprint density at radius 3 is 2.63 bits per heavy atom. The lowest BCUT2D eigenvalue weighted by molar-refractivity contribution is -0.119. The number of benzene rings is 2. The van der Waals surface area contributed by atoms with Gasteiger partial charge >= 0.3 is 0 Å². The Balaban J connectivity index is 1.78. The Hall–Kier alpha value is -2.47. The summed E-state index contributed by atoms with van der Waals surface area (Å²) in [6, 6.07) is 6.78. The van der Waals surface area contributed by atoms with Gasteiger partial charge in [-0.1, -0.05) is 6.07 Å². The van der Waals surface area contributed by atoms with Crippen LogP contribution in [0.5, 0.6) is 5.75 Å². The van der Waals surface area contributed by atoms with E-state index in [0.717, 1.165) is 55.0 Å². The fourth-order valence-corrected chi connectivity index (χ4v) is 3.38. The number of hydrogen-bond acceptors (Lipinski definition) is 3. The van der Waals surface area contributed by atoms with Crippen molar-refractivity contribution in [2.24, 2.45) is 5.73 Å². The number of halogens is 2. The number of primary amides is 1. The average molecular weight is 374 g/mol. The summed E-state index contributed by atoms with van der Waals surface area (Å²) < 4.78 is 33.0. The molecule has 4 nitrogen and oxygen atoms in total. The first-order valence-corrected chi connectivity index (χ1v) is 9.18. The van der Waals surface area contributed by atoms with Crippen LogP contribution in [0.25, 0.3) is 0 Å². The van der Waals surface area contributed by atoms with E-state index < -0.39 is 17.7 Å². The van der Waals surface area contributed by atoms with Gasteiger partial charge in [-0.15, -0.1) is 0 Å². The molecule has 0 saturated heterocycles. The third-order valence-electron chi connectivity index (χ3n) is 5.01. The number of nitrogens with two attached hydrogens (primary N) is 1. The van der Waals surface area contributed by atoms with E-state index in [1.807, 2.05) is 12.1 Å². The lowest BCUT2D eigenvalue weighted by Crippen LogP contribution is -2.38. The highest BCUT2D eigenvalue weighted by atomic mass is 19.1. The third kappa shape index (κ3) is 4.63. The van der Waals surface area contributed by atoms with Gasteiger partial charge in [-0.05, 0) is 73.6 Å². The number of hydrogen-bond donors (Lipinski definition) is 2. The van der Waals surface area contributed by atoms with Crippen LogP contribution >= 0.6 is 0 Å². The molecule has 0 unspecified atom stereocenters. The molecule has 0 bridgehead atoms. The van der Waals surface area contributed by atoms with E-state index in [2.05, 4.69) is 5.32 Å². The van der Waals surface area contributed by atoms with E-state index in [1.165, 1.54) is 5.56 Å². The molecule has 0 aromatic heterocycles. The van der Waals surface area contributed by atoms with Gasteiger partial charge in [-0.3, -0.25) is 4.79 Å². The molecule has 0 saturated carbocycles. The van der Waals surface area contributed by atoms with Crippen LogP contribution in [-0.4, -0.2) is 11.9 Å². The van der Waals surface area contributed by atoms with Crippen LogP contribution in [0.1, 0.15) is 42.0 Å². The van der Waals surface area contributed by atoms with Gasteiger partial charge in [0.2, 0.25) is 5.91 Å². The first kappa shape index (κ1) is 19.3. The summed E-state index contributed by atoms with van der Waals surface area (Å²) in [6.07, 6.45) is 3.97. The molecule has 1 atom stereocenters. The number of carbonyl (C=O) groups is 1. The van der Waals surface area contributed by atoms with E-state index in [-0.39, 0.29) is 18.1 Å². The van der Waals surface area contributed by atoms with Crippen LogP contribution in [0, 0.1) is 11.6 Å². The summed E-state index contributed by atoms with van der Waals surface area (Å²) in [6.45, 7) is 2.26. The summed E-state index contributed by atoms with van der Waals surface area (Å²) in [5.41, 5.74) is 8.93. The molecule has 3 rings (SSSR count). The number of rotatable bonds is 7. The van der Waals surface area contributed by atoms with Gasteiger partial charge < -0.3 is 15.8 Å². The second kappa shape index (κ2) is 8.48. The molecule has 2 aromatic carbocycles. The van der Waals surface area contributed by atoms with Gasteiger partial charge in [-0.25, -0.2) is 8.78 Å². The monoisotopic (exact) mass is 374 g/mol. The molecule has 0 radical (unpaired) electrons. The Kier molecular flexibility index (Phi) is 6.06. The quantitative estimate of drug-likeness (QED) is 0.781. The minimum atomic E-state index is -0.484. The zero-order chi connectivity index (χ0) is 19.4. The predicted octanol–water partition coefficient (Wildman–Crippen LogP) is 3.39. The van der Waals surface area contributed by atoms with Crippen LogP contribution in [0.3, 0.4) is 0 Å². The van der Waals surface area contributed by atoms with Crippen molar-refractivity contribution in [3.05, 3.63) is 64.2 Å². The van der Waals surface area contributed by atoms with Gasteiger partial charge in [0.15, 0.2) is 0 Å². The zero-order valence-corrected chi connectivity index (χ0v) is 15.4. The van der Waals surface area contributed by atoms with E-state index in [1.54, 1.807) is 6.92 Å². The summed E-state index contributed by atoms with van der Waals surface area (Å²) >= 11 is 0. The van der Waals surface area contributed by atoms with Gasteiger partial charge in [0.1, 0.15) is 24.0 Å². The normalized spacial score (nSPS) is 14.5. The highest BCUT2D eigenvalue weighted by Gasteiger charge is 2.19. The second-order valence-corrected chi connectivity index (χ2v) is 6.92. The second-order valence-electron chi connectivity index (χ2n) is 6.92. The molecule has 3 N–H and O–H groups in total. The molecule has 2 aromatic rings. The molecule has 1 aliphatic carbocycles. The maximum atomic E-state index is 13.8. The van der Waals surface area contributed by atoms with Crippen molar-refractivity contribution < 1.29 is 18.3 Å². The zero-order valence-electron chi connectivity index (χ0n) is 15.4. The van der Waals surface area contributed by atoms with Gasteiger partial charge in [0, 0.05) is 12.1 Å². The van der Waals surface area contributed by atoms with Crippen LogP contribution in [0.4, 0.5) is 8.78 Å². The summed E-state index contributed by atoms with van der Waals surface area (Å²) in [5.74, 6) is -0.644. The predicted molar refractivity (Wildman–Crippen MR) is 99.3 cm³/mol. The fraction of sp³-hybridized carbons (Fsp3) is 0.381. The Morgan fingerprint density at radius 1 is 1.15 bits per heavy atom. The van der Waals surface area contributed by atoms with Crippen LogP contribution in [-0.2, 0) is 30.8 Å². The molecular weight excluding hydrogens is 350 g/mol. The van der Waals surface area contributed by atoms with Gasteiger partial charge in [0.05, 0.1) is 6.04 Å². The van der Waals surface area contributed by atoms with Gasteiger partial charge in [-0.2, -0.15) is 0 Å². The number of fused-ring (bicyclic) bond motifs is 1. The molecule has 0 fully saturated rings. The Labute approximate surface area is 157 Å². The van der Waals surface area contributed by atoms with Crippen LogP contribution < -0.4 is 15.8 Å². The Bertz CT molecular complexity index is 839. The van der Waals surface area contributed by atoms with E-state index in [4.69, 9.17) is 10.5 Å².